The van der Waals surface area contributed by atoms with Gasteiger partial charge in [0.2, 0.25) is 0 Å². The molecule has 2 atom stereocenters. The number of rotatable bonds is 3. The number of alkyl halides is 3. The number of H-pyrrole nitrogens is 1. The monoisotopic (exact) mass is 470 g/mol. The number of hydrogen-bond donors (Lipinski definition) is 2. The molecule has 34 heavy (non-hydrogen) atoms. The maximum atomic E-state index is 13.6. The number of hydrogen-bond acceptors (Lipinski definition) is 4. The Morgan fingerprint density at radius 3 is 2.68 bits per heavy atom. The van der Waals surface area contributed by atoms with Gasteiger partial charge in [0.25, 0.3) is 0 Å². The molecule has 0 radical (unpaired) electrons. The SMILES string of the molecule is CN1CC(NC(=O)N2CCc3[nH]nc(-c4ccncc4)c3C2)[C@H](c2ccccc2C(F)(F)F)C1. The van der Waals surface area contributed by atoms with Crippen LogP contribution >= 0.6 is 0 Å². The first kappa shape index (κ1) is 22.4. The molecule has 10 heteroatoms. The molecular formula is C24H25F3N6O. The van der Waals surface area contributed by atoms with E-state index in [1.54, 1.807) is 23.4 Å². The summed E-state index contributed by atoms with van der Waals surface area (Å²) in [5.74, 6) is -0.451. The maximum Gasteiger partial charge on any atom is 0.416 e. The molecule has 0 aliphatic carbocycles. The minimum absolute atomic E-state index is 0.223. The van der Waals surface area contributed by atoms with E-state index in [0.717, 1.165) is 28.6 Å². The normalized spacial score (nSPS) is 20.9. The Kier molecular flexibility index (Phi) is 5.76. The second kappa shape index (κ2) is 8.75. The van der Waals surface area contributed by atoms with Crippen LogP contribution in [0.5, 0.6) is 0 Å². The topological polar surface area (TPSA) is 77.2 Å². The summed E-state index contributed by atoms with van der Waals surface area (Å²) in [6.45, 7) is 1.80. The predicted octanol–water partition coefficient (Wildman–Crippen LogP) is 3.66. The number of carbonyl (C=O) groups is 1. The quantitative estimate of drug-likeness (QED) is 0.613. The lowest BCUT2D eigenvalue weighted by molar-refractivity contribution is -0.138. The first-order chi connectivity index (χ1) is 16.3. The molecule has 1 fully saturated rings. The van der Waals surface area contributed by atoms with Crippen LogP contribution < -0.4 is 5.32 Å². The first-order valence-electron chi connectivity index (χ1n) is 11.2. The Labute approximate surface area is 195 Å². The van der Waals surface area contributed by atoms with Crippen molar-refractivity contribution in [2.75, 3.05) is 26.7 Å². The van der Waals surface area contributed by atoms with E-state index in [9.17, 15) is 18.0 Å². The molecule has 4 heterocycles. The number of nitrogens with zero attached hydrogens (tertiary/aromatic N) is 4. The maximum absolute atomic E-state index is 13.6. The number of aromatic amines is 1. The van der Waals surface area contributed by atoms with E-state index >= 15 is 0 Å². The van der Waals surface area contributed by atoms with Gasteiger partial charge in [-0.3, -0.25) is 10.1 Å². The van der Waals surface area contributed by atoms with Crippen molar-refractivity contribution in [1.82, 2.24) is 30.3 Å². The molecular weight excluding hydrogens is 445 g/mol. The number of carbonyl (C=O) groups excluding carboxylic acids is 1. The fraction of sp³-hybridized carbons (Fsp3) is 0.375. The number of amides is 2. The van der Waals surface area contributed by atoms with Crippen molar-refractivity contribution in [3.63, 3.8) is 0 Å². The van der Waals surface area contributed by atoms with Gasteiger partial charge < -0.3 is 15.1 Å². The molecule has 3 aromatic rings. The van der Waals surface area contributed by atoms with E-state index in [-0.39, 0.29) is 11.6 Å². The second-order valence-electron chi connectivity index (χ2n) is 8.91. The Morgan fingerprint density at radius 1 is 1.15 bits per heavy atom. The molecule has 2 N–H and O–H groups in total. The third-order valence-electron chi connectivity index (χ3n) is 6.65. The van der Waals surface area contributed by atoms with Gasteiger partial charge in [-0.1, -0.05) is 18.2 Å². The number of urea groups is 1. The number of fused-ring (bicyclic) bond motifs is 1. The molecule has 178 valence electrons. The molecule has 1 saturated heterocycles. The summed E-state index contributed by atoms with van der Waals surface area (Å²) in [6, 6.07) is 8.68. The number of pyridine rings is 1. The van der Waals surface area contributed by atoms with Crippen molar-refractivity contribution in [2.24, 2.45) is 0 Å². The number of likely N-dealkylation sites (N-methyl/N-ethyl adjacent to an activating group) is 1. The molecule has 2 aliphatic heterocycles. The molecule has 1 unspecified atom stereocenters. The highest BCUT2D eigenvalue weighted by Gasteiger charge is 2.41. The average Bonchev–Trinajstić information content (AvgIpc) is 3.41. The van der Waals surface area contributed by atoms with Crippen LogP contribution in [0.15, 0.2) is 48.8 Å². The van der Waals surface area contributed by atoms with Gasteiger partial charge in [-0.05, 0) is 30.8 Å². The summed E-state index contributed by atoms with van der Waals surface area (Å²) in [5.41, 5.74) is 3.23. The van der Waals surface area contributed by atoms with E-state index in [4.69, 9.17) is 0 Å². The van der Waals surface area contributed by atoms with E-state index in [1.807, 2.05) is 24.1 Å². The van der Waals surface area contributed by atoms with Gasteiger partial charge in [-0.2, -0.15) is 18.3 Å². The van der Waals surface area contributed by atoms with Crippen molar-refractivity contribution in [3.8, 4) is 11.3 Å². The molecule has 0 spiro atoms. The van der Waals surface area contributed by atoms with Gasteiger partial charge in [0, 0.05) is 61.2 Å². The summed E-state index contributed by atoms with van der Waals surface area (Å²) < 4.78 is 40.9. The first-order valence-corrected chi connectivity index (χ1v) is 11.2. The van der Waals surface area contributed by atoms with Crippen LogP contribution in [0.25, 0.3) is 11.3 Å². The van der Waals surface area contributed by atoms with Gasteiger partial charge in [0.15, 0.2) is 0 Å². The summed E-state index contributed by atoms with van der Waals surface area (Å²) in [6.07, 6.45) is -0.426. The van der Waals surface area contributed by atoms with Gasteiger partial charge in [-0.15, -0.1) is 0 Å². The summed E-state index contributed by atoms with van der Waals surface area (Å²) in [7, 11) is 1.86. The largest absolute Gasteiger partial charge is 0.416 e. The molecule has 7 nitrogen and oxygen atoms in total. The Morgan fingerprint density at radius 2 is 1.91 bits per heavy atom. The Hall–Kier alpha value is -3.40. The minimum atomic E-state index is -4.44. The lowest BCUT2D eigenvalue weighted by Crippen LogP contribution is -2.48. The van der Waals surface area contributed by atoms with Crippen molar-refractivity contribution in [2.45, 2.75) is 31.1 Å². The second-order valence-corrected chi connectivity index (χ2v) is 8.91. The molecule has 5 rings (SSSR count). The lowest BCUT2D eigenvalue weighted by atomic mass is 9.90. The van der Waals surface area contributed by atoms with Crippen LogP contribution in [-0.4, -0.2) is 63.7 Å². The van der Waals surface area contributed by atoms with Gasteiger partial charge in [-0.25, -0.2) is 4.79 Å². The van der Waals surface area contributed by atoms with Crippen LogP contribution in [-0.2, 0) is 19.1 Å². The summed E-state index contributed by atoms with van der Waals surface area (Å²) in [4.78, 5) is 20.9. The summed E-state index contributed by atoms with van der Waals surface area (Å²) >= 11 is 0. The van der Waals surface area contributed by atoms with Gasteiger partial charge >= 0.3 is 12.2 Å². The fourth-order valence-corrected chi connectivity index (χ4v) is 5.01. The van der Waals surface area contributed by atoms with Crippen molar-refractivity contribution in [1.29, 1.82) is 0 Å². The highest BCUT2D eigenvalue weighted by Crippen LogP contribution is 2.38. The molecule has 0 saturated carbocycles. The lowest BCUT2D eigenvalue weighted by Gasteiger charge is -2.30. The predicted molar refractivity (Wildman–Crippen MR) is 120 cm³/mol. The van der Waals surface area contributed by atoms with Crippen LogP contribution in [0, 0.1) is 0 Å². The number of aromatic nitrogens is 3. The molecule has 0 bridgehead atoms. The van der Waals surface area contributed by atoms with Crippen molar-refractivity contribution in [3.05, 3.63) is 71.2 Å². The van der Waals surface area contributed by atoms with Crippen LogP contribution in [0.1, 0.15) is 28.3 Å². The molecule has 2 aromatic heterocycles. The third kappa shape index (κ3) is 4.25. The van der Waals surface area contributed by atoms with Crippen LogP contribution in [0.3, 0.4) is 0 Å². The number of likely N-dealkylation sites (tertiary alicyclic amines) is 1. The number of benzene rings is 1. The smallest absolute Gasteiger partial charge is 0.333 e. The zero-order valence-corrected chi connectivity index (χ0v) is 18.6. The van der Waals surface area contributed by atoms with Crippen LogP contribution in [0.4, 0.5) is 18.0 Å². The average molecular weight is 470 g/mol. The van der Waals surface area contributed by atoms with Crippen molar-refractivity contribution < 1.29 is 18.0 Å². The van der Waals surface area contributed by atoms with E-state index in [2.05, 4.69) is 20.5 Å². The minimum Gasteiger partial charge on any atom is -0.333 e. The molecule has 2 aliphatic rings. The van der Waals surface area contributed by atoms with Crippen molar-refractivity contribution >= 4 is 6.03 Å². The Bertz CT molecular complexity index is 1180. The zero-order chi connectivity index (χ0) is 23.9. The third-order valence-corrected chi connectivity index (χ3v) is 6.65. The Balaban J connectivity index is 1.35. The molecule has 1 aromatic carbocycles. The highest BCUT2D eigenvalue weighted by atomic mass is 19.4. The summed E-state index contributed by atoms with van der Waals surface area (Å²) in [5, 5.41) is 10.5. The zero-order valence-electron chi connectivity index (χ0n) is 18.6. The fourth-order valence-electron chi connectivity index (χ4n) is 5.01. The van der Waals surface area contributed by atoms with E-state index in [0.29, 0.717) is 32.6 Å². The standard InChI is InChI=1S/C24H25F3N6O/c1-32-12-17(16-4-2-3-5-19(16)24(25,26)27)21(14-32)29-23(34)33-11-8-20-18(13-33)22(31-30-20)15-6-9-28-10-7-15/h2-7,9-10,17,21H,8,11-14H2,1H3,(H,29,34)(H,30,31)/t17-,21?/m0/s1. The van der Waals surface area contributed by atoms with E-state index < -0.39 is 23.7 Å². The number of halogens is 3. The van der Waals surface area contributed by atoms with Gasteiger partial charge in [0.1, 0.15) is 0 Å². The number of nitrogens with one attached hydrogen (secondary N) is 2. The van der Waals surface area contributed by atoms with Gasteiger partial charge in [0.05, 0.1) is 23.8 Å². The van der Waals surface area contributed by atoms with E-state index in [1.165, 1.54) is 12.1 Å². The highest BCUT2D eigenvalue weighted by molar-refractivity contribution is 5.76. The van der Waals surface area contributed by atoms with Crippen LogP contribution in [0.2, 0.25) is 0 Å². The molecule has 2 amide bonds.